The van der Waals surface area contributed by atoms with E-state index in [1.165, 1.54) is 27.7 Å². The molecule has 242 valence electrons. The number of nitrogen functional groups attached to an aromatic ring is 2. The van der Waals surface area contributed by atoms with Crippen molar-refractivity contribution in [3.05, 3.63) is 35.3 Å². The van der Waals surface area contributed by atoms with E-state index < -0.39 is 83.2 Å². The summed E-state index contributed by atoms with van der Waals surface area (Å²) in [5, 5.41) is 22.4. The lowest BCUT2D eigenvalue weighted by molar-refractivity contribution is -0.168. The van der Waals surface area contributed by atoms with Crippen molar-refractivity contribution >= 4 is 49.4 Å². The molecule has 3 fully saturated rings. The Bertz CT molecular complexity index is 1930. The minimum Gasteiger partial charge on any atom is -0.386 e. The third-order valence-electron chi connectivity index (χ3n) is 7.36. The van der Waals surface area contributed by atoms with Gasteiger partial charge in [-0.25, -0.2) is 19.5 Å². The molecule has 0 aliphatic carbocycles. The number of rotatable bonds is 2. The summed E-state index contributed by atoms with van der Waals surface area (Å²) in [6, 6.07) is 1.38. The van der Waals surface area contributed by atoms with Crippen molar-refractivity contribution in [1.29, 1.82) is 0 Å². The summed E-state index contributed by atoms with van der Waals surface area (Å²) < 4.78 is 61.4. The highest BCUT2D eigenvalue weighted by molar-refractivity contribution is 7.52. The number of anilines is 2. The number of phosphoric ester groups is 1. The van der Waals surface area contributed by atoms with E-state index in [0.717, 1.165) is 6.33 Å². The van der Waals surface area contributed by atoms with Crippen molar-refractivity contribution < 1.29 is 56.9 Å². The fraction of sp³-hybridized carbons (Fsp3) is 0.476. The van der Waals surface area contributed by atoms with Gasteiger partial charge in [0.2, 0.25) is 5.95 Å². The maximum Gasteiger partial charge on any atom is 0.472 e. The van der Waals surface area contributed by atoms with Crippen LogP contribution in [-0.4, -0.2) is 104 Å². The van der Waals surface area contributed by atoms with Gasteiger partial charge in [0.1, 0.15) is 36.3 Å². The third kappa shape index (κ3) is 5.33. The number of phosphoric acid groups is 1. The molecule has 0 amide bonds. The molecular formula is C21H25N9O13P2. The molecule has 0 radical (unpaired) electrons. The molecule has 4 aromatic heterocycles. The largest absolute Gasteiger partial charge is 0.472 e. The monoisotopic (exact) mass is 673 g/mol. The molecule has 10 atom stereocenters. The fourth-order valence-electron chi connectivity index (χ4n) is 5.37. The van der Waals surface area contributed by atoms with Crippen LogP contribution in [0.3, 0.4) is 0 Å². The molecule has 0 spiro atoms. The number of H-pyrrole nitrogens is 1. The van der Waals surface area contributed by atoms with E-state index in [2.05, 4.69) is 24.9 Å². The number of aromatic amines is 1. The molecule has 45 heavy (non-hydrogen) atoms. The highest BCUT2D eigenvalue weighted by Gasteiger charge is 2.54. The van der Waals surface area contributed by atoms with Crippen LogP contribution < -0.4 is 17.0 Å². The number of nitrogens with zero attached hydrogens (tertiary/aromatic N) is 6. The molecule has 4 unspecified atom stereocenters. The van der Waals surface area contributed by atoms with Crippen LogP contribution in [0.15, 0.2) is 29.7 Å². The Kier molecular flexibility index (Phi) is 7.32. The van der Waals surface area contributed by atoms with Crippen LogP contribution >= 0.6 is 15.4 Å². The number of aliphatic hydroxyl groups is 2. The lowest BCUT2D eigenvalue weighted by Crippen LogP contribution is -2.38. The molecule has 3 aliphatic heterocycles. The zero-order valence-corrected chi connectivity index (χ0v) is 24.3. The van der Waals surface area contributed by atoms with Crippen molar-refractivity contribution in [2.75, 3.05) is 24.4 Å². The van der Waals surface area contributed by atoms with Gasteiger partial charge < -0.3 is 50.2 Å². The van der Waals surface area contributed by atoms with Crippen LogP contribution in [0.1, 0.15) is 12.5 Å². The molecule has 0 bridgehead atoms. The zero-order chi connectivity index (χ0) is 31.8. The van der Waals surface area contributed by atoms with Gasteiger partial charge in [0.25, 0.3) is 5.56 Å². The number of ether oxygens (including phenoxy) is 3. The Morgan fingerprint density at radius 3 is 2.53 bits per heavy atom. The van der Waals surface area contributed by atoms with Crippen molar-refractivity contribution in [2.45, 2.75) is 49.3 Å². The van der Waals surface area contributed by atoms with Gasteiger partial charge in [0.05, 0.1) is 18.3 Å². The molecular weight excluding hydrogens is 648 g/mol. The minimum atomic E-state index is -5.06. The lowest BCUT2D eigenvalue weighted by Gasteiger charge is -2.28. The first-order valence-corrected chi connectivity index (χ1v) is 16.3. The maximum absolute atomic E-state index is 13.2. The number of aromatic nitrogens is 7. The third-order valence-corrected chi connectivity index (χ3v) is 9.39. The van der Waals surface area contributed by atoms with E-state index in [1.54, 1.807) is 0 Å². The highest BCUT2D eigenvalue weighted by atomic mass is 31.2. The van der Waals surface area contributed by atoms with E-state index in [4.69, 9.17) is 39.2 Å². The first-order chi connectivity index (χ1) is 21.3. The molecule has 4 aromatic rings. The zero-order valence-electron chi connectivity index (χ0n) is 22.5. The van der Waals surface area contributed by atoms with Crippen LogP contribution in [-0.2, 0) is 36.9 Å². The summed E-state index contributed by atoms with van der Waals surface area (Å²) in [5.74, 6) is -0.190. The Labute approximate surface area is 249 Å². The van der Waals surface area contributed by atoms with Gasteiger partial charge in [-0.1, -0.05) is 0 Å². The normalized spacial score (nSPS) is 37.7. The van der Waals surface area contributed by atoms with E-state index in [1.807, 2.05) is 0 Å². The van der Waals surface area contributed by atoms with Crippen molar-refractivity contribution in [3.8, 4) is 0 Å². The second-order valence-electron chi connectivity index (χ2n) is 10.3. The number of nitrogens with two attached hydrogens (primary N) is 2. The van der Waals surface area contributed by atoms with E-state index in [9.17, 15) is 33.9 Å². The predicted molar refractivity (Wildman–Crippen MR) is 146 cm³/mol. The standard InChI is InChI=1S/C21H25N9O13P2/c22-14-9-16(25-4-24-14)30(5-26-9)19-11(32)13-20(41-19)38-6-44(34,35)42-12-8(3-39-45(36,37)43-13)40-18(10(12)31)29-2-1-7-15(29)27-21(23)28-17(7)33/h1-2,4-5,8,10-13,18-20,31-32H,3,6H2,(H,34,35)(H,36,37)(H2,22,24,25)(H3,23,27,28,33)/t8-,10+,11+,12?,13?,18-,19-,20+/m1/s1. The molecule has 24 heteroatoms. The average Bonchev–Trinajstić information content (AvgIpc) is 3.72. The van der Waals surface area contributed by atoms with E-state index in [-0.39, 0.29) is 34.0 Å². The first kappa shape index (κ1) is 30.3. The van der Waals surface area contributed by atoms with Gasteiger partial charge in [-0.2, -0.15) is 4.98 Å². The number of hydrogen-bond donors (Lipinski definition) is 7. The number of nitrogens with one attached hydrogen (secondary N) is 1. The summed E-state index contributed by atoms with van der Waals surface area (Å²) in [4.78, 5) is 52.0. The van der Waals surface area contributed by atoms with Crippen LogP contribution in [0.2, 0.25) is 0 Å². The molecule has 7 heterocycles. The number of aliphatic hydroxyl groups excluding tert-OH is 2. The molecule has 9 N–H and O–H groups in total. The molecule has 0 aromatic carbocycles. The van der Waals surface area contributed by atoms with Crippen molar-refractivity contribution in [1.82, 2.24) is 34.1 Å². The summed E-state index contributed by atoms with van der Waals surface area (Å²) >= 11 is 0. The van der Waals surface area contributed by atoms with Gasteiger partial charge in [0.15, 0.2) is 48.3 Å². The fourth-order valence-corrected chi connectivity index (χ4v) is 7.34. The van der Waals surface area contributed by atoms with Crippen LogP contribution in [0.5, 0.6) is 0 Å². The van der Waals surface area contributed by atoms with Crippen LogP contribution in [0.25, 0.3) is 22.2 Å². The minimum absolute atomic E-state index is 0.0125. The summed E-state index contributed by atoms with van der Waals surface area (Å²) in [5.41, 5.74) is 11.2. The summed E-state index contributed by atoms with van der Waals surface area (Å²) in [7, 11) is -9.82. The molecule has 0 saturated carbocycles. The Morgan fingerprint density at radius 1 is 0.978 bits per heavy atom. The number of hydrogen-bond acceptors (Lipinski definition) is 17. The predicted octanol–water partition coefficient (Wildman–Crippen LogP) is -1.74. The topological polar surface area (TPSA) is 317 Å². The van der Waals surface area contributed by atoms with Gasteiger partial charge in [-0.05, 0) is 6.07 Å². The van der Waals surface area contributed by atoms with Gasteiger partial charge in [-0.15, -0.1) is 0 Å². The number of fused-ring (bicyclic) bond motifs is 4. The van der Waals surface area contributed by atoms with Gasteiger partial charge >= 0.3 is 15.4 Å². The lowest BCUT2D eigenvalue weighted by atomic mass is 10.1. The van der Waals surface area contributed by atoms with E-state index >= 15 is 0 Å². The molecule has 7 rings (SSSR count). The van der Waals surface area contributed by atoms with Gasteiger partial charge in [0, 0.05) is 6.20 Å². The summed E-state index contributed by atoms with van der Waals surface area (Å²) in [6.07, 6.45) is -10.1. The van der Waals surface area contributed by atoms with Crippen molar-refractivity contribution in [3.63, 3.8) is 0 Å². The molecule has 3 aliphatic rings. The molecule has 3 saturated heterocycles. The first-order valence-electron chi connectivity index (χ1n) is 13.1. The second-order valence-corrected chi connectivity index (χ2v) is 13.4. The highest BCUT2D eigenvalue weighted by Crippen LogP contribution is 2.53. The Morgan fingerprint density at radius 2 is 1.73 bits per heavy atom. The van der Waals surface area contributed by atoms with Crippen LogP contribution in [0.4, 0.5) is 11.8 Å². The maximum atomic E-state index is 13.2. The Hall–Kier alpha value is -3.37. The SMILES string of the molecule is Nc1nc2c(ccn2[C@@H]2O[C@@H]3COP(=O)(O)OC4[C@@H](OCP(=O)(O)OC3[C@@H]2O)O[C@@H](n2cnc3c(N)ncnc32)[C@H]4O)c(=O)[nH]1. The Balaban J connectivity index is 1.17. The van der Waals surface area contributed by atoms with Gasteiger partial charge in [-0.3, -0.25) is 32.5 Å². The van der Waals surface area contributed by atoms with E-state index in [0.29, 0.717) is 0 Å². The number of imidazole rings is 1. The average molecular weight is 673 g/mol. The molecule has 22 nitrogen and oxygen atoms in total. The van der Waals surface area contributed by atoms with Crippen molar-refractivity contribution in [2.24, 2.45) is 0 Å². The second kappa shape index (κ2) is 10.9. The summed E-state index contributed by atoms with van der Waals surface area (Å²) in [6.45, 7) is -0.803. The van der Waals surface area contributed by atoms with Crippen LogP contribution in [0, 0.1) is 0 Å². The quantitative estimate of drug-likeness (QED) is 0.116. The smallest absolute Gasteiger partial charge is 0.386 e.